The van der Waals surface area contributed by atoms with Gasteiger partial charge in [-0.25, -0.2) is 0 Å². The minimum Gasteiger partial charge on any atom is -0.381 e. The summed E-state index contributed by atoms with van der Waals surface area (Å²) in [6.07, 6.45) is 38.3. The molecule has 7 aliphatic carbocycles. The van der Waals surface area contributed by atoms with Crippen LogP contribution >= 0.6 is 15.8 Å². The van der Waals surface area contributed by atoms with E-state index in [1.165, 1.54) is 116 Å². The quantitative estimate of drug-likeness (QED) is 0.213. The van der Waals surface area contributed by atoms with E-state index in [1.807, 2.05) is 21.7 Å². The molecular weight excluding hydrogens is 777 g/mol. The van der Waals surface area contributed by atoms with Crippen LogP contribution in [0.15, 0.2) is 36.4 Å². The third-order valence-corrected chi connectivity index (χ3v) is 22.9. The summed E-state index contributed by atoms with van der Waals surface area (Å²) in [6, 6.07) is 15.8. The average molecular weight is 851 g/mol. The van der Waals surface area contributed by atoms with Crippen molar-refractivity contribution in [2.24, 2.45) is 0 Å². The number of hydrogen-bond donors (Lipinski definition) is 0. The molecule has 11 rings (SSSR count). The second kappa shape index (κ2) is 21.1. The van der Waals surface area contributed by atoms with Crippen LogP contribution in [0.2, 0.25) is 0 Å². The second-order valence-electron chi connectivity index (χ2n) is 18.2. The molecule has 0 N–H and O–H groups in total. The fourth-order valence-electron chi connectivity index (χ4n) is 12.5. The maximum absolute atomic E-state index is 4.94. The number of benzene rings is 2. The van der Waals surface area contributed by atoms with Gasteiger partial charge in [-0.2, -0.15) is 0 Å². The third-order valence-electron chi connectivity index (χ3n) is 14.9. The normalized spacial score (nSPS) is 26.6. The molecule has 2 aliphatic heterocycles. The Morgan fingerprint density at radius 1 is 0.358 bits per heavy atom. The molecular formula is C48H74O2P2Pd+2. The Hall–Kier alpha value is -0.118. The molecule has 0 amide bonds. The maximum atomic E-state index is 4.94. The summed E-state index contributed by atoms with van der Waals surface area (Å²) in [5, 5.41) is 3.94. The van der Waals surface area contributed by atoms with Gasteiger partial charge in [-0.05, 0) is 165 Å². The van der Waals surface area contributed by atoms with E-state index < -0.39 is 15.8 Å². The first kappa shape index (κ1) is 41.1. The predicted octanol–water partition coefficient (Wildman–Crippen LogP) is 12.7. The molecule has 4 saturated carbocycles. The largest absolute Gasteiger partial charge is 0.381 e. The van der Waals surface area contributed by atoms with Crippen molar-refractivity contribution in [3.63, 3.8) is 0 Å². The summed E-state index contributed by atoms with van der Waals surface area (Å²) in [7, 11) is -1.10. The van der Waals surface area contributed by atoms with Crippen molar-refractivity contribution in [2.45, 2.75) is 201 Å². The standard InChI is InChI=1S/C40H56P2.2C4H8O.Pd/c1-5-15-29(16-6-1)41(30-17-7-2-8-18-30)37-25-13-23-34-33-27-28-36(39(34)37)40-35(33)24-14-26-38(40)42(31-19-9-3-10-20-31)32-21-11-4-12-22-32;2*1-2-4-5-3-1;/h13-14,23-26,29-33,36H,1-12,15-22,27-28H2;2*1-4H2;/p+2. The van der Waals surface area contributed by atoms with Crippen molar-refractivity contribution in [1.82, 2.24) is 0 Å². The zero-order valence-corrected chi connectivity index (χ0v) is 36.8. The summed E-state index contributed by atoms with van der Waals surface area (Å²) in [5.74, 6) is 1.40. The molecule has 0 atom stereocenters. The molecule has 6 fully saturated rings. The number of fused-ring (bicyclic) bond motifs is 1. The number of hydrogen-bond acceptors (Lipinski definition) is 2. The van der Waals surface area contributed by atoms with Gasteiger partial charge in [0.15, 0.2) is 0 Å². The van der Waals surface area contributed by atoms with Crippen LogP contribution in [0.3, 0.4) is 0 Å². The van der Waals surface area contributed by atoms with Crippen molar-refractivity contribution in [1.29, 1.82) is 0 Å². The van der Waals surface area contributed by atoms with Crippen LogP contribution < -0.4 is 10.6 Å². The predicted molar refractivity (Wildman–Crippen MR) is 229 cm³/mol. The average Bonchev–Trinajstić information content (AvgIpc) is 4.02. The van der Waals surface area contributed by atoms with Crippen molar-refractivity contribution in [2.75, 3.05) is 26.4 Å². The summed E-state index contributed by atoms with van der Waals surface area (Å²) >= 11 is 0. The molecule has 5 heteroatoms. The van der Waals surface area contributed by atoms with E-state index >= 15 is 0 Å². The van der Waals surface area contributed by atoms with Crippen LogP contribution in [0.25, 0.3) is 0 Å². The molecule has 9 aliphatic rings. The first-order valence-corrected chi connectivity index (χ1v) is 26.3. The molecule has 2 nitrogen and oxygen atoms in total. The SMILES string of the molecule is C1CCOC1.C1CCOC1.[Pd].c1cc2c(c([PH+](C3CCCCC3)C3CCCCC3)c1)C1CCC2c2cccc([PH+](C3CCCCC3)C3CCCCC3)c21. The summed E-state index contributed by atoms with van der Waals surface area (Å²) in [6.45, 7) is 4.00. The molecule has 2 saturated heterocycles. The monoisotopic (exact) mass is 850 g/mol. The van der Waals surface area contributed by atoms with E-state index in [1.54, 1.807) is 62.5 Å². The van der Waals surface area contributed by atoms with Gasteiger partial charge in [0, 0.05) is 85.7 Å². The Morgan fingerprint density at radius 3 is 0.981 bits per heavy atom. The fraction of sp³-hybridized carbons (Fsp3) is 0.750. The molecule has 2 bridgehead atoms. The van der Waals surface area contributed by atoms with Gasteiger partial charge < -0.3 is 9.47 Å². The minimum atomic E-state index is -0.551. The zero-order valence-electron chi connectivity index (χ0n) is 33.3. The van der Waals surface area contributed by atoms with Gasteiger partial charge >= 0.3 is 0 Å². The first-order valence-electron chi connectivity index (χ1n) is 23.0. The first-order chi connectivity index (χ1) is 25.9. The molecule has 0 unspecified atom stereocenters. The Labute approximate surface area is 341 Å². The fourth-order valence-corrected chi connectivity index (χ4v) is 21.6. The number of ether oxygens (including phenoxy) is 2. The van der Waals surface area contributed by atoms with E-state index in [9.17, 15) is 0 Å². The Bertz CT molecular complexity index is 1230. The van der Waals surface area contributed by atoms with Crippen molar-refractivity contribution in [3.05, 3.63) is 58.7 Å². The zero-order chi connectivity index (χ0) is 35.0. The van der Waals surface area contributed by atoms with Crippen LogP contribution in [-0.4, -0.2) is 49.1 Å². The van der Waals surface area contributed by atoms with Gasteiger partial charge in [0.25, 0.3) is 0 Å². The van der Waals surface area contributed by atoms with Gasteiger partial charge in [0.05, 0.1) is 33.2 Å². The second-order valence-corrected chi connectivity index (χ2v) is 24.4. The number of rotatable bonds is 6. The molecule has 2 aromatic carbocycles. The van der Waals surface area contributed by atoms with Gasteiger partial charge in [-0.3, -0.25) is 0 Å². The molecule has 2 heterocycles. The van der Waals surface area contributed by atoms with E-state index in [0.29, 0.717) is 11.8 Å². The van der Waals surface area contributed by atoms with Crippen molar-refractivity contribution >= 4 is 26.5 Å². The third kappa shape index (κ3) is 9.78. The summed E-state index contributed by atoms with van der Waals surface area (Å²) in [5.41, 5.74) is 11.6. The minimum absolute atomic E-state index is 0. The van der Waals surface area contributed by atoms with E-state index in [4.69, 9.17) is 9.47 Å². The Kier molecular flexibility index (Phi) is 16.3. The van der Waals surface area contributed by atoms with Crippen molar-refractivity contribution < 1.29 is 29.9 Å². The molecule has 53 heavy (non-hydrogen) atoms. The smallest absolute Gasteiger partial charge is 0.0961 e. The van der Waals surface area contributed by atoms with Gasteiger partial charge in [-0.15, -0.1) is 0 Å². The molecule has 296 valence electrons. The topological polar surface area (TPSA) is 18.5 Å². The molecule has 0 spiro atoms. The summed E-state index contributed by atoms with van der Waals surface area (Å²) < 4.78 is 9.89. The van der Waals surface area contributed by atoms with Gasteiger partial charge in [0.2, 0.25) is 0 Å². The molecule has 0 aromatic heterocycles. The van der Waals surface area contributed by atoms with Crippen molar-refractivity contribution in [3.8, 4) is 0 Å². The van der Waals surface area contributed by atoms with Gasteiger partial charge in [0.1, 0.15) is 0 Å². The van der Waals surface area contributed by atoms with Crippen LogP contribution in [0.5, 0.6) is 0 Å². The van der Waals surface area contributed by atoms with Gasteiger partial charge in [-0.1, -0.05) is 49.9 Å². The van der Waals surface area contributed by atoms with Crippen LogP contribution in [0.1, 0.15) is 201 Å². The van der Waals surface area contributed by atoms with E-state index in [-0.39, 0.29) is 20.4 Å². The summed E-state index contributed by atoms with van der Waals surface area (Å²) in [4.78, 5) is 0. The van der Waals surface area contributed by atoms with E-state index in [0.717, 1.165) is 49.1 Å². The Balaban J connectivity index is 0.000000344. The Morgan fingerprint density at radius 2 is 0.679 bits per heavy atom. The molecule has 0 radical (unpaired) electrons. The molecule has 2 aromatic rings. The van der Waals surface area contributed by atoms with Crippen LogP contribution in [0, 0.1) is 0 Å². The van der Waals surface area contributed by atoms with Crippen LogP contribution in [0.4, 0.5) is 0 Å². The van der Waals surface area contributed by atoms with Crippen LogP contribution in [-0.2, 0) is 29.9 Å². The maximum Gasteiger partial charge on any atom is 0.0961 e. The van der Waals surface area contributed by atoms with E-state index in [2.05, 4.69) is 36.4 Å².